The van der Waals surface area contributed by atoms with E-state index in [0.29, 0.717) is 6.54 Å². The van der Waals surface area contributed by atoms with E-state index in [1.807, 2.05) is 37.3 Å². The van der Waals surface area contributed by atoms with Gasteiger partial charge in [-0.2, -0.15) is 0 Å². The Bertz CT molecular complexity index is 628. The van der Waals surface area contributed by atoms with Crippen LogP contribution < -0.4 is 10.6 Å². The highest BCUT2D eigenvalue weighted by Gasteiger charge is 2.08. The first-order valence-corrected chi connectivity index (χ1v) is 6.90. The number of hydrogen-bond acceptors (Lipinski definition) is 2. The van der Waals surface area contributed by atoms with Crippen molar-refractivity contribution in [2.75, 3.05) is 5.32 Å². The molecule has 0 aliphatic rings. The molecule has 0 aromatic heterocycles. The minimum absolute atomic E-state index is 0.0195. The molecule has 4 heteroatoms. The van der Waals surface area contributed by atoms with Crippen LogP contribution in [0.5, 0.6) is 0 Å². The second kappa shape index (κ2) is 6.99. The molecule has 0 aliphatic carbocycles. The van der Waals surface area contributed by atoms with Crippen molar-refractivity contribution in [3.05, 3.63) is 65.5 Å². The Morgan fingerprint density at radius 3 is 2.67 bits per heavy atom. The van der Waals surface area contributed by atoms with Crippen LogP contribution in [0, 0.1) is 5.82 Å². The zero-order chi connectivity index (χ0) is 15.2. The monoisotopic (exact) mass is 286 g/mol. The standard InChI is InChI=1S/C17H19FN2O/c1-12(14-7-5-8-16(18)10-14)19-11-15-6-3-4-9-17(15)20-13(2)21/h3-10,12,19H,11H2,1-2H3,(H,20,21)/t12-/m1/s1. The molecule has 2 aromatic rings. The summed E-state index contributed by atoms with van der Waals surface area (Å²) in [5.41, 5.74) is 2.69. The van der Waals surface area contributed by atoms with Crippen molar-refractivity contribution in [1.29, 1.82) is 0 Å². The van der Waals surface area contributed by atoms with Crippen LogP contribution in [-0.4, -0.2) is 5.91 Å². The molecule has 3 nitrogen and oxygen atoms in total. The Kier molecular flexibility index (Phi) is 5.06. The molecule has 0 unspecified atom stereocenters. The van der Waals surface area contributed by atoms with Crippen LogP contribution in [0.3, 0.4) is 0 Å². The topological polar surface area (TPSA) is 41.1 Å². The average Bonchev–Trinajstić information content (AvgIpc) is 2.45. The Hall–Kier alpha value is -2.20. The van der Waals surface area contributed by atoms with Gasteiger partial charge in [-0.3, -0.25) is 4.79 Å². The third-order valence-corrected chi connectivity index (χ3v) is 3.28. The van der Waals surface area contributed by atoms with E-state index in [1.54, 1.807) is 6.07 Å². The molecule has 0 aliphatic heterocycles. The number of carbonyl (C=O) groups is 1. The number of halogens is 1. The van der Waals surface area contributed by atoms with Gasteiger partial charge < -0.3 is 10.6 Å². The molecule has 2 rings (SSSR count). The van der Waals surface area contributed by atoms with E-state index < -0.39 is 0 Å². The van der Waals surface area contributed by atoms with Gasteiger partial charge in [-0.15, -0.1) is 0 Å². The van der Waals surface area contributed by atoms with Crippen LogP contribution >= 0.6 is 0 Å². The van der Waals surface area contributed by atoms with Crippen LogP contribution in [0.4, 0.5) is 10.1 Å². The quantitative estimate of drug-likeness (QED) is 0.881. The van der Waals surface area contributed by atoms with Gasteiger partial charge in [0.05, 0.1) is 0 Å². The van der Waals surface area contributed by atoms with Gasteiger partial charge in [-0.25, -0.2) is 4.39 Å². The lowest BCUT2D eigenvalue weighted by molar-refractivity contribution is -0.114. The third-order valence-electron chi connectivity index (χ3n) is 3.28. The zero-order valence-corrected chi connectivity index (χ0v) is 12.2. The number of carbonyl (C=O) groups excluding carboxylic acids is 1. The molecular formula is C17H19FN2O. The maximum atomic E-state index is 13.2. The molecular weight excluding hydrogens is 267 g/mol. The smallest absolute Gasteiger partial charge is 0.221 e. The molecule has 0 heterocycles. The van der Waals surface area contributed by atoms with Crippen molar-refractivity contribution in [3.63, 3.8) is 0 Å². The summed E-state index contributed by atoms with van der Waals surface area (Å²) in [6, 6.07) is 14.2. The molecule has 0 saturated carbocycles. The molecule has 0 radical (unpaired) electrons. The highest BCUT2D eigenvalue weighted by Crippen LogP contribution is 2.18. The number of para-hydroxylation sites is 1. The van der Waals surface area contributed by atoms with Crippen LogP contribution in [0.15, 0.2) is 48.5 Å². The second-order valence-corrected chi connectivity index (χ2v) is 5.00. The molecule has 110 valence electrons. The largest absolute Gasteiger partial charge is 0.326 e. The number of anilines is 1. The minimum Gasteiger partial charge on any atom is -0.326 e. The average molecular weight is 286 g/mol. The van der Waals surface area contributed by atoms with Gasteiger partial charge in [0.1, 0.15) is 5.82 Å². The van der Waals surface area contributed by atoms with Crippen molar-refractivity contribution in [3.8, 4) is 0 Å². The summed E-state index contributed by atoms with van der Waals surface area (Å²) < 4.78 is 13.2. The number of benzene rings is 2. The number of nitrogens with one attached hydrogen (secondary N) is 2. The molecule has 0 saturated heterocycles. The van der Waals surface area contributed by atoms with Gasteiger partial charge in [0.2, 0.25) is 5.91 Å². The number of hydrogen-bond donors (Lipinski definition) is 2. The maximum Gasteiger partial charge on any atom is 0.221 e. The summed E-state index contributed by atoms with van der Waals surface area (Å²) in [5.74, 6) is -0.333. The predicted octanol–water partition coefficient (Wildman–Crippen LogP) is 3.63. The van der Waals surface area contributed by atoms with Crippen LogP contribution in [0.1, 0.15) is 31.0 Å². The summed E-state index contributed by atoms with van der Waals surface area (Å²) in [7, 11) is 0. The van der Waals surface area contributed by atoms with E-state index in [1.165, 1.54) is 19.1 Å². The first kappa shape index (κ1) is 15.2. The first-order chi connectivity index (χ1) is 10.1. The Labute approximate surface area is 124 Å². The maximum absolute atomic E-state index is 13.2. The van der Waals surface area contributed by atoms with E-state index in [-0.39, 0.29) is 17.8 Å². The lowest BCUT2D eigenvalue weighted by Crippen LogP contribution is -2.19. The van der Waals surface area contributed by atoms with Crippen LogP contribution in [0.25, 0.3) is 0 Å². The minimum atomic E-state index is -0.236. The van der Waals surface area contributed by atoms with E-state index in [0.717, 1.165) is 16.8 Å². The molecule has 0 spiro atoms. The zero-order valence-electron chi connectivity index (χ0n) is 12.2. The number of amides is 1. The summed E-state index contributed by atoms with van der Waals surface area (Å²) in [5, 5.41) is 6.15. The van der Waals surface area contributed by atoms with E-state index in [4.69, 9.17) is 0 Å². The normalized spacial score (nSPS) is 12.0. The van der Waals surface area contributed by atoms with E-state index >= 15 is 0 Å². The highest BCUT2D eigenvalue weighted by molar-refractivity contribution is 5.89. The fourth-order valence-corrected chi connectivity index (χ4v) is 2.14. The van der Waals surface area contributed by atoms with Gasteiger partial charge in [-0.1, -0.05) is 30.3 Å². The van der Waals surface area contributed by atoms with E-state index in [2.05, 4.69) is 10.6 Å². The van der Waals surface area contributed by atoms with E-state index in [9.17, 15) is 9.18 Å². The lowest BCUT2D eigenvalue weighted by Gasteiger charge is -2.16. The van der Waals surface area contributed by atoms with Crippen LogP contribution in [-0.2, 0) is 11.3 Å². The lowest BCUT2D eigenvalue weighted by atomic mass is 10.1. The van der Waals surface area contributed by atoms with Crippen molar-refractivity contribution in [2.24, 2.45) is 0 Å². The molecule has 1 atom stereocenters. The van der Waals surface area contributed by atoms with Crippen molar-refractivity contribution >= 4 is 11.6 Å². The van der Waals surface area contributed by atoms with Gasteiger partial charge in [0.25, 0.3) is 0 Å². The van der Waals surface area contributed by atoms with Crippen molar-refractivity contribution in [2.45, 2.75) is 26.4 Å². The second-order valence-electron chi connectivity index (χ2n) is 5.00. The SMILES string of the molecule is CC(=O)Nc1ccccc1CN[C@H](C)c1cccc(F)c1. The Morgan fingerprint density at radius 2 is 1.95 bits per heavy atom. The third kappa shape index (κ3) is 4.39. The van der Waals surface area contributed by atoms with Crippen molar-refractivity contribution in [1.82, 2.24) is 5.32 Å². The summed E-state index contributed by atoms with van der Waals surface area (Å²) >= 11 is 0. The number of rotatable bonds is 5. The van der Waals surface area contributed by atoms with Gasteiger partial charge >= 0.3 is 0 Å². The molecule has 2 aromatic carbocycles. The molecule has 21 heavy (non-hydrogen) atoms. The predicted molar refractivity (Wildman–Crippen MR) is 82.4 cm³/mol. The highest BCUT2D eigenvalue weighted by atomic mass is 19.1. The van der Waals surface area contributed by atoms with Crippen LogP contribution in [0.2, 0.25) is 0 Å². The molecule has 0 bridgehead atoms. The Morgan fingerprint density at radius 1 is 1.19 bits per heavy atom. The Balaban J connectivity index is 2.04. The molecule has 2 N–H and O–H groups in total. The summed E-state index contributed by atoms with van der Waals surface area (Å²) in [6.45, 7) is 4.06. The van der Waals surface area contributed by atoms with Crippen molar-refractivity contribution < 1.29 is 9.18 Å². The molecule has 1 amide bonds. The summed E-state index contributed by atoms with van der Waals surface area (Å²) in [6.07, 6.45) is 0. The molecule has 0 fully saturated rings. The van der Waals surface area contributed by atoms with Gasteiger partial charge in [0, 0.05) is 25.2 Å². The van der Waals surface area contributed by atoms with Gasteiger partial charge in [0.15, 0.2) is 0 Å². The van der Waals surface area contributed by atoms with Gasteiger partial charge in [-0.05, 0) is 36.2 Å². The fraction of sp³-hybridized carbons (Fsp3) is 0.235. The fourth-order valence-electron chi connectivity index (χ4n) is 2.14. The summed E-state index contributed by atoms with van der Waals surface area (Å²) in [4.78, 5) is 11.2. The first-order valence-electron chi connectivity index (χ1n) is 6.90.